The summed E-state index contributed by atoms with van der Waals surface area (Å²) in [7, 11) is 2.11. The lowest BCUT2D eigenvalue weighted by atomic mass is 10.0. The summed E-state index contributed by atoms with van der Waals surface area (Å²) < 4.78 is 10.3. The third kappa shape index (κ3) is 31.6. The van der Waals surface area contributed by atoms with Gasteiger partial charge in [0.15, 0.2) is 0 Å². The lowest BCUT2D eigenvalue weighted by molar-refractivity contribution is 0.0616. The minimum atomic E-state index is 0.814. The van der Waals surface area contributed by atoms with Crippen molar-refractivity contribution < 1.29 is 9.47 Å². The van der Waals surface area contributed by atoms with Gasteiger partial charge in [0.2, 0.25) is 0 Å². The quantitative estimate of drug-likeness (QED) is 0.522. The van der Waals surface area contributed by atoms with Gasteiger partial charge in [0, 0.05) is 26.4 Å². The maximum absolute atomic E-state index is 5.18. The summed E-state index contributed by atoms with van der Waals surface area (Å²) in [5, 5.41) is 0. The molecule has 3 heteroatoms. The Kier molecular flexibility index (Phi) is 41.9. The van der Waals surface area contributed by atoms with Crippen LogP contribution in [0.25, 0.3) is 0 Å². The van der Waals surface area contributed by atoms with Gasteiger partial charge in [0.25, 0.3) is 0 Å². The summed E-state index contributed by atoms with van der Waals surface area (Å²) >= 11 is 0. The highest BCUT2D eigenvalue weighted by atomic mass is 16.5. The second kappa shape index (κ2) is 32.5. The highest BCUT2D eigenvalue weighted by Crippen LogP contribution is 2.12. The molecule has 0 aromatic rings. The van der Waals surface area contributed by atoms with Crippen LogP contribution in [0.15, 0.2) is 0 Å². The molecule has 2 saturated heterocycles. The minimum Gasteiger partial charge on any atom is -0.381 e. The van der Waals surface area contributed by atoms with Gasteiger partial charge in [-0.25, -0.2) is 0 Å². The van der Waals surface area contributed by atoms with Crippen molar-refractivity contribution in [2.24, 2.45) is 11.8 Å². The molecule has 0 amide bonds. The maximum Gasteiger partial charge on any atom is 0.0491 e. The van der Waals surface area contributed by atoms with Crippen molar-refractivity contribution >= 4 is 0 Å². The van der Waals surface area contributed by atoms with Gasteiger partial charge in [0.1, 0.15) is 0 Å². The standard InChI is InChI=1S/2C6H12O.C5H13N.3C2H6/c1-6-2-4-7-5-3-6;1-6-3-2-4-7-5-6;1-4-6(3)5-2;3*1-2/h2*6H,2-5H2,1H3;4-5H2,1-3H3;3*1-2H3. The van der Waals surface area contributed by atoms with Gasteiger partial charge in [-0.15, -0.1) is 0 Å². The smallest absolute Gasteiger partial charge is 0.0491 e. The number of hydrogen-bond acceptors (Lipinski definition) is 3. The van der Waals surface area contributed by atoms with Crippen LogP contribution in [-0.2, 0) is 9.47 Å². The highest BCUT2D eigenvalue weighted by Gasteiger charge is 2.06. The number of nitrogens with zero attached hydrogens (tertiary/aromatic N) is 1. The molecule has 2 aliphatic rings. The van der Waals surface area contributed by atoms with Gasteiger partial charge in [-0.05, 0) is 57.7 Å². The lowest BCUT2D eigenvalue weighted by Gasteiger charge is -2.16. The van der Waals surface area contributed by atoms with E-state index in [2.05, 4.69) is 39.6 Å². The molecule has 2 aliphatic heterocycles. The zero-order valence-electron chi connectivity index (χ0n) is 20.5. The van der Waals surface area contributed by atoms with E-state index in [1.54, 1.807) is 0 Å². The van der Waals surface area contributed by atoms with Crippen LogP contribution in [0, 0.1) is 11.8 Å². The molecular formula is C23H55NO2. The monoisotopic (exact) mass is 377 g/mol. The Labute approximate surface area is 168 Å². The Hall–Kier alpha value is -0.120. The summed E-state index contributed by atoms with van der Waals surface area (Å²) in [6, 6.07) is 0. The normalized spacial score (nSPS) is 18.7. The Bertz CT molecular complexity index is 169. The molecule has 164 valence electrons. The van der Waals surface area contributed by atoms with Gasteiger partial charge < -0.3 is 14.4 Å². The average Bonchev–Trinajstić information content (AvgIpc) is 2.74. The largest absolute Gasteiger partial charge is 0.381 e. The minimum absolute atomic E-state index is 0.814. The first-order valence-corrected chi connectivity index (χ1v) is 11.4. The van der Waals surface area contributed by atoms with Crippen LogP contribution < -0.4 is 0 Å². The third-order valence-electron chi connectivity index (χ3n) is 3.98. The highest BCUT2D eigenvalue weighted by molar-refractivity contribution is 4.56. The van der Waals surface area contributed by atoms with Crippen molar-refractivity contribution in [3.63, 3.8) is 0 Å². The Morgan fingerprint density at radius 1 is 0.692 bits per heavy atom. The predicted octanol–water partition coefficient (Wildman–Crippen LogP) is 6.90. The molecule has 0 N–H and O–H groups in total. The Balaban J connectivity index is -0.000000122. The van der Waals surface area contributed by atoms with Gasteiger partial charge in [-0.2, -0.15) is 0 Å². The first-order chi connectivity index (χ1) is 12.6. The molecule has 26 heavy (non-hydrogen) atoms. The molecule has 2 heterocycles. The van der Waals surface area contributed by atoms with Gasteiger partial charge in [-0.1, -0.05) is 69.2 Å². The van der Waals surface area contributed by atoms with Gasteiger partial charge >= 0.3 is 0 Å². The third-order valence-corrected chi connectivity index (χ3v) is 3.98. The molecule has 0 spiro atoms. The van der Waals surface area contributed by atoms with Gasteiger partial charge in [-0.3, -0.25) is 0 Å². The van der Waals surface area contributed by atoms with Crippen LogP contribution in [0.1, 0.15) is 94.9 Å². The molecule has 3 nitrogen and oxygen atoms in total. The molecule has 1 unspecified atom stereocenters. The van der Waals surface area contributed by atoms with E-state index in [1.165, 1.54) is 25.7 Å². The van der Waals surface area contributed by atoms with E-state index in [4.69, 9.17) is 9.47 Å². The molecule has 0 radical (unpaired) electrons. The van der Waals surface area contributed by atoms with Crippen molar-refractivity contribution in [2.45, 2.75) is 94.9 Å². The molecule has 0 bridgehead atoms. The average molecular weight is 378 g/mol. The van der Waals surface area contributed by atoms with E-state index < -0.39 is 0 Å². The zero-order chi connectivity index (χ0) is 21.2. The lowest BCUT2D eigenvalue weighted by Crippen LogP contribution is -2.15. The van der Waals surface area contributed by atoms with E-state index >= 15 is 0 Å². The summed E-state index contributed by atoms with van der Waals surface area (Å²) in [6.07, 6.45) is 5.15. The SMILES string of the molecule is CC.CC.CC.CC1CCCOC1.CC1CCOCC1.CCN(C)CC. The fourth-order valence-corrected chi connectivity index (χ4v) is 1.94. The van der Waals surface area contributed by atoms with E-state index in [-0.39, 0.29) is 0 Å². The van der Waals surface area contributed by atoms with Crippen molar-refractivity contribution in [1.82, 2.24) is 4.90 Å². The summed E-state index contributed by atoms with van der Waals surface area (Å²) in [4.78, 5) is 2.25. The molecular weight excluding hydrogens is 322 g/mol. The van der Waals surface area contributed by atoms with Crippen molar-refractivity contribution in [3.8, 4) is 0 Å². The summed E-state index contributed by atoms with van der Waals surface area (Å²) in [6.45, 7) is 27.1. The fourth-order valence-electron chi connectivity index (χ4n) is 1.94. The Morgan fingerprint density at radius 2 is 1.15 bits per heavy atom. The van der Waals surface area contributed by atoms with Crippen LogP contribution in [0.4, 0.5) is 0 Å². The maximum atomic E-state index is 5.18. The topological polar surface area (TPSA) is 21.7 Å². The first-order valence-electron chi connectivity index (χ1n) is 11.4. The predicted molar refractivity (Wildman–Crippen MR) is 121 cm³/mol. The molecule has 0 saturated carbocycles. The number of rotatable bonds is 2. The van der Waals surface area contributed by atoms with E-state index in [9.17, 15) is 0 Å². The summed E-state index contributed by atoms with van der Waals surface area (Å²) in [5.74, 6) is 1.72. The Morgan fingerprint density at radius 3 is 1.31 bits per heavy atom. The number of hydrogen-bond donors (Lipinski definition) is 0. The van der Waals surface area contributed by atoms with Crippen LogP contribution in [0.5, 0.6) is 0 Å². The zero-order valence-corrected chi connectivity index (χ0v) is 20.5. The molecule has 2 fully saturated rings. The van der Waals surface area contributed by atoms with Crippen LogP contribution >= 0.6 is 0 Å². The molecule has 0 aromatic heterocycles. The second-order valence-electron chi connectivity index (χ2n) is 6.11. The van der Waals surface area contributed by atoms with Crippen LogP contribution in [-0.4, -0.2) is 51.5 Å². The second-order valence-corrected chi connectivity index (χ2v) is 6.11. The molecule has 0 aromatic carbocycles. The molecule has 0 aliphatic carbocycles. The van der Waals surface area contributed by atoms with Crippen molar-refractivity contribution in [2.75, 3.05) is 46.6 Å². The van der Waals surface area contributed by atoms with Crippen LogP contribution in [0.3, 0.4) is 0 Å². The molecule has 2 rings (SSSR count). The van der Waals surface area contributed by atoms with Crippen molar-refractivity contribution in [1.29, 1.82) is 0 Å². The molecule has 1 atom stereocenters. The van der Waals surface area contributed by atoms with Crippen LogP contribution in [0.2, 0.25) is 0 Å². The fraction of sp³-hybridized carbons (Fsp3) is 1.00. The van der Waals surface area contributed by atoms with E-state index in [0.717, 1.165) is 51.4 Å². The number of ether oxygens (including phenoxy) is 2. The first kappa shape index (κ1) is 33.5. The van der Waals surface area contributed by atoms with E-state index in [0.29, 0.717) is 0 Å². The van der Waals surface area contributed by atoms with Crippen molar-refractivity contribution in [3.05, 3.63) is 0 Å². The summed E-state index contributed by atoms with van der Waals surface area (Å²) in [5.41, 5.74) is 0. The van der Waals surface area contributed by atoms with E-state index in [1.807, 2.05) is 41.5 Å². The van der Waals surface area contributed by atoms with Gasteiger partial charge in [0.05, 0.1) is 0 Å².